The summed E-state index contributed by atoms with van der Waals surface area (Å²) in [5, 5.41) is 0. The minimum absolute atomic E-state index is 0.118. The molecule has 1 unspecified atom stereocenters. The first-order valence-corrected chi connectivity index (χ1v) is 30.9. The number of unbranched alkanes of at least 4 members (excludes halogenated alkanes) is 10. The summed E-state index contributed by atoms with van der Waals surface area (Å²) in [5.41, 5.74) is 0. The van der Waals surface area contributed by atoms with Crippen LogP contribution in [0.5, 0.6) is 0 Å². The van der Waals surface area contributed by atoms with Crippen LogP contribution < -0.4 is 0 Å². The van der Waals surface area contributed by atoms with Crippen LogP contribution in [0.1, 0.15) is 226 Å². The molecule has 438 valence electrons. The van der Waals surface area contributed by atoms with Crippen LogP contribution in [-0.4, -0.2) is 37.2 Å². The van der Waals surface area contributed by atoms with Gasteiger partial charge in [0.2, 0.25) is 0 Å². The summed E-state index contributed by atoms with van der Waals surface area (Å²) < 4.78 is 16.7. The number of allylic oxidation sites excluding steroid dienone is 32. The molecule has 0 aromatic carbocycles. The van der Waals surface area contributed by atoms with Gasteiger partial charge in [0.25, 0.3) is 0 Å². The van der Waals surface area contributed by atoms with Crippen LogP contribution in [0.4, 0.5) is 0 Å². The van der Waals surface area contributed by atoms with Crippen LogP contribution in [0.15, 0.2) is 194 Å². The number of esters is 3. The van der Waals surface area contributed by atoms with Crippen LogP contribution >= 0.6 is 0 Å². The first-order valence-electron chi connectivity index (χ1n) is 30.9. The molecule has 0 bridgehead atoms. The van der Waals surface area contributed by atoms with Crippen molar-refractivity contribution in [2.75, 3.05) is 13.2 Å². The van der Waals surface area contributed by atoms with Crippen molar-refractivity contribution in [3.8, 4) is 0 Å². The Bertz CT molecular complexity index is 1920. The van der Waals surface area contributed by atoms with Crippen molar-refractivity contribution >= 4 is 17.9 Å². The molecule has 0 spiro atoms. The predicted molar refractivity (Wildman–Crippen MR) is 343 cm³/mol. The maximum atomic E-state index is 12.8. The Hall–Kier alpha value is -5.75. The van der Waals surface area contributed by atoms with E-state index in [0.717, 1.165) is 180 Å². The molecule has 0 heterocycles. The van der Waals surface area contributed by atoms with Gasteiger partial charge in [-0.25, -0.2) is 0 Å². The highest BCUT2D eigenvalue weighted by Gasteiger charge is 2.19. The maximum absolute atomic E-state index is 12.8. The molecular weight excluding hydrogens is 973 g/mol. The second-order valence-electron chi connectivity index (χ2n) is 19.5. The van der Waals surface area contributed by atoms with Gasteiger partial charge in [-0.3, -0.25) is 14.4 Å². The fraction of sp³-hybridized carbons (Fsp3) is 0.521. The number of rotatable bonds is 53. The third-order valence-corrected chi connectivity index (χ3v) is 12.1. The largest absolute Gasteiger partial charge is 0.462 e. The summed E-state index contributed by atoms with van der Waals surface area (Å²) in [4.78, 5) is 37.9. The highest BCUT2D eigenvalue weighted by molar-refractivity contribution is 5.71. The van der Waals surface area contributed by atoms with E-state index < -0.39 is 6.10 Å². The van der Waals surface area contributed by atoms with Gasteiger partial charge >= 0.3 is 17.9 Å². The number of hydrogen-bond donors (Lipinski definition) is 0. The van der Waals surface area contributed by atoms with Gasteiger partial charge in [0.05, 0.1) is 0 Å². The minimum Gasteiger partial charge on any atom is -0.462 e. The van der Waals surface area contributed by atoms with Gasteiger partial charge in [-0.05, 0) is 141 Å². The van der Waals surface area contributed by atoms with Crippen LogP contribution in [0.2, 0.25) is 0 Å². The van der Waals surface area contributed by atoms with Gasteiger partial charge < -0.3 is 14.2 Å². The zero-order valence-electron chi connectivity index (χ0n) is 50.0. The van der Waals surface area contributed by atoms with E-state index in [1.807, 2.05) is 0 Å². The Balaban J connectivity index is 4.25. The normalized spacial score (nSPS) is 13.5. The van der Waals surface area contributed by atoms with Crippen molar-refractivity contribution in [3.05, 3.63) is 194 Å². The molecular formula is C73H110O6. The number of carbonyl (C=O) groups is 3. The van der Waals surface area contributed by atoms with Crippen LogP contribution in [0.3, 0.4) is 0 Å². The molecule has 0 fully saturated rings. The lowest BCUT2D eigenvalue weighted by atomic mass is 10.1. The number of carbonyl (C=O) groups excluding carboxylic acids is 3. The molecule has 0 rings (SSSR count). The van der Waals surface area contributed by atoms with Crippen molar-refractivity contribution < 1.29 is 28.6 Å². The van der Waals surface area contributed by atoms with E-state index in [9.17, 15) is 14.4 Å². The van der Waals surface area contributed by atoms with Crippen molar-refractivity contribution in [2.45, 2.75) is 232 Å². The molecule has 0 aliphatic rings. The lowest BCUT2D eigenvalue weighted by molar-refractivity contribution is -0.167. The molecule has 1 atom stereocenters. The molecule has 0 aromatic heterocycles. The lowest BCUT2D eigenvalue weighted by Crippen LogP contribution is -2.30. The molecule has 6 nitrogen and oxygen atoms in total. The van der Waals surface area contributed by atoms with Crippen molar-refractivity contribution in [1.82, 2.24) is 0 Å². The van der Waals surface area contributed by atoms with Crippen LogP contribution in [0.25, 0.3) is 0 Å². The van der Waals surface area contributed by atoms with Crippen molar-refractivity contribution in [1.29, 1.82) is 0 Å². The Kier molecular flexibility index (Phi) is 60.1. The third-order valence-electron chi connectivity index (χ3n) is 12.1. The van der Waals surface area contributed by atoms with Gasteiger partial charge in [0, 0.05) is 19.3 Å². The van der Waals surface area contributed by atoms with E-state index in [-0.39, 0.29) is 37.5 Å². The van der Waals surface area contributed by atoms with Gasteiger partial charge in [0.1, 0.15) is 13.2 Å². The summed E-state index contributed by atoms with van der Waals surface area (Å²) >= 11 is 0. The van der Waals surface area contributed by atoms with Gasteiger partial charge in [-0.2, -0.15) is 0 Å². The third kappa shape index (κ3) is 63.0. The monoisotopic (exact) mass is 1080 g/mol. The zero-order valence-corrected chi connectivity index (χ0v) is 50.0. The summed E-state index contributed by atoms with van der Waals surface area (Å²) in [6.45, 7) is 6.23. The van der Waals surface area contributed by atoms with Crippen LogP contribution in [0, 0.1) is 0 Å². The fourth-order valence-electron chi connectivity index (χ4n) is 7.54. The maximum Gasteiger partial charge on any atom is 0.306 e. The summed E-state index contributed by atoms with van der Waals surface area (Å²) in [5.74, 6) is -1.03. The smallest absolute Gasteiger partial charge is 0.306 e. The Morgan fingerprint density at radius 3 is 0.810 bits per heavy atom. The summed E-state index contributed by atoms with van der Waals surface area (Å²) in [6, 6.07) is 0. The number of hydrogen-bond acceptors (Lipinski definition) is 6. The highest BCUT2D eigenvalue weighted by Crippen LogP contribution is 2.12. The molecule has 0 aromatic rings. The molecule has 6 heteroatoms. The Morgan fingerprint density at radius 1 is 0.266 bits per heavy atom. The van der Waals surface area contributed by atoms with E-state index in [1.54, 1.807) is 0 Å². The molecule has 0 saturated carbocycles. The van der Waals surface area contributed by atoms with Gasteiger partial charge in [0.15, 0.2) is 6.10 Å². The van der Waals surface area contributed by atoms with Gasteiger partial charge in [-0.1, -0.05) is 260 Å². The summed E-state index contributed by atoms with van der Waals surface area (Å²) in [6.07, 6.45) is 99.1. The topological polar surface area (TPSA) is 78.9 Å². The standard InChI is InChI=1S/C73H110O6/c1-4-7-10-13-15-17-19-21-23-25-27-29-31-32-33-34-35-36-37-38-39-40-42-43-45-47-49-51-53-55-57-60-63-66-72(75)78-69-70(68-77-71(74)65-62-59-12-9-6-3)79-73(76)67-64-61-58-56-54-52-50-48-46-44-41-30-28-26-24-22-20-18-16-14-11-8-5-2/h7-8,10-11,15-18,21-24,27-30,32-33,35-36,38-39,42-44,46-47,49-50,52,56,58,70H,4-6,9,12-14,19-20,25-26,31,34,37,40-41,45,48,51,53-55,57,59-69H2,1-3H3/b10-7-,11-8-,17-15-,18-16-,23-21-,24-22-,29-27-,30-28-,33-32-,36-35-,39-38-,43-42-,46-44-,49-47-,52-50-,58-56-. The van der Waals surface area contributed by atoms with E-state index in [0.29, 0.717) is 19.3 Å². The molecule has 0 aliphatic heterocycles. The second-order valence-corrected chi connectivity index (χ2v) is 19.5. The van der Waals surface area contributed by atoms with Crippen molar-refractivity contribution in [2.24, 2.45) is 0 Å². The highest BCUT2D eigenvalue weighted by atomic mass is 16.6. The van der Waals surface area contributed by atoms with E-state index in [2.05, 4.69) is 215 Å². The first kappa shape index (κ1) is 73.2. The van der Waals surface area contributed by atoms with E-state index in [1.165, 1.54) is 0 Å². The quantitative estimate of drug-likeness (QED) is 0.0261. The molecule has 0 saturated heterocycles. The second kappa shape index (κ2) is 64.8. The Labute approximate surface area is 484 Å². The van der Waals surface area contributed by atoms with Crippen LogP contribution in [-0.2, 0) is 28.6 Å². The molecule has 79 heavy (non-hydrogen) atoms. The SMILES string of the molecule is CC/C=C\C/C=C\C/C=C\C/C=C\C/C=C\C/C=C\C/C=C\C/C=C\C/C=C\CCCCCCCC(=O)OCC(COC(=O)CCCCCCC)OC(=O)CCC/C=C\C/C=C\C/C=C\C/C=C\C/C=C\C/C=C\C/C=C\CC. The Morgan fingerprint density at radius 2 is 0.506 bits per heavy atom. The predicted octanol–water partition coefficient (Wildman–Crippen LogP) is 21.4. The average Bonchev–Trinajstić information content (AvgIpc) is 3.45. The molecule has 0 radical (unpaired) electrons. The average molecular weight is 1080 g/mol. The van der Waals surface area contributed by atoms with Crippen molar-refractivity contribution in [3.63, 3.8) is 0 Å². The molecule has 0 N–H and O–H groups in total. The summed E-state index contributed by atoms with van der Waals surface area (Å²) in [7, 11) is 0. The minimum atomic E-state index is -0.825. The lowest BCUT2D eigenvalue weighted by Gasteiger charge is -2.18. The molecule has 0 amide bonds. The van der Waals surface area contributed by atoms with E-state index in [4.69, 9.17) is 14.2 Å². The zero-order chi connectivity index (χ0) is 57.1. The number of ether oxygens (including phenoxy) is 3. The van der Waals surface area contributed by atoms with Gasteiger partial charge in [-0.15, -0.1) is 0 Å². The van der Waals surface area contributed by atoms with E-state index >= 15 is 0 Å². The first-order chi connectivity index (χ1) is 39.0. The fourth-order valence-corrected chi connectivity index (χ4v) is 7.54. The molecule has 0 aliphatic carbocycles.